The molecule has 0 heterocycles. The molecule has 0 aromatic heterocycles. The molecule has 0 radical (unpaired) electrons. The summed E-state index contributed by atoms with van der Waals surface area (Å²) in [6.07, 6.45) is 0. The number of halogens is 2. The third-order valence-electron chi connectivity index (χ3n) is 1.67. The number of hydrogen-bond donors (Lipinski definition) is 2. The maximum absolute atomic E-state index is 11.0. The Bertz CT molecular complexity index is 321. The fourth-order valence-corrected chi connectivity index (χ4v) is 2.20. The largest absolute Gasteiger partial charge is 0.374 e. The van der Waals surface area contributed by atoms with Crippen LogP contribution in [0.4, 0.5) is 5.69 Å². The van der Waals surface area contributed by atoms with E-state index in [1.807, 2.05) is 18.2 Å². The molecule has 3 nitrogen and oxygen atoms in total. The number of carbonyl (C=O) groups is 1. The van der Waals surface area contributed by atoms with Crippen LogP contribution in [0, 0.1) is 0 Å². The van der Waals surface area contributed by atoms with E-state index in [2.05, 4.69) is 42.5 Å². The predicted octanol–water partition coefficient (Wildman–Crippen LogP) is 2.37. The fourth-order valence-electron chi connectivity index (χ4n) is 0.924. The lowest BCUT2D eigenvalue weighted by Gasteiger charge is -2.09. The number of likely N-dealkylation sites (N-methyl/N-ethyl adjacent to an activating group) is 1. The minimum atomic E-state index is -0.0485. The van der Waals surface area contributed by atoms with Gasteiger partial charge in [0, 0.05) is 16.0 Å². The first-order valence-corrected chi connectivity index (χ1v) is 5.62. The molecule has 2 N–H and O–H groups in total. The van der Waals surface area contributed by atoms with Crippen LogP contribution >= 0.6 is 31.9 Å². The highest BCUT2D eigenvalue weighted by Crippen LogP contribution is 2.30. The average molecular weight is 322 g/mol. The van der Waals surface area contributed by atoms with Crippen molar-refractivity contribution in [1.29, 1.82) is 0 Å². The molecule has 0 saturated carbocycles. The van der Waals surface area contributed by atoms with Crippen LogP contribution in [-0.4, -0.2) is 19.5 Å². The van der Waals surface area contributed by atoms with Gasteiger partial charge in [0.2, 0.25) is 5.91 Å². The summed E-state index contributed by atoms with van der Waals surface area (Å²) >= 11 is 6.79. The van der Waals surface area contributed by atoms with Crippen molar-refractivity contribution >= 4 is 43.5 Å². The molecule has 1 aromatic rings. The van der Waals surface area contributed by atoms with Crippen molar-refractivity contribution in [3.05, 3.63) is 27.1 Å². The van der Waals surface area contributed by atoms with E-state index in [0.29, 0.717) is 0 Å². The molecule has 0 bridgehead atoms. The van der Waals surface area contributed by atoms with E-state index in [1.165, 1.54) is 0 Å². The van der Waals surface area contributed by atoms with Crippen LogP contribution in [0.3, 0.4) is 0 Å². The van der Waals surface area contributed by atoms with Crippen LogP contribution in [0.15, 0.2) is 27.1 Å². The Hall–Kier alpha value is -0.550. The lowest BCUT2D eigenvalue weighted by Crippen LogP contribution is -2.26. The van der Waals surface area contributed by atoms with Crippen molar-refractivity contribution < 1.29 is 4.79 Å². The molecule has 1 rings (SSSR count). The predicted molar refractivity (Wildman–Crippen MR) is 64.4 cm³/mol. The third-order valence-corrected chi connectivity index (χ3v) is 2.99. The van der Waals surface area contributed by atoms with Gasteiger partial charge in [0.15, 0.2) is 0 Å². The third kappa shape index (κ3) is 2.99. The first-order valence-electron chi connectivity index (χ1n) is 4.03. The van der Waals surface area contributed by atoms with Crippen LogP contribution < -0.4 is 10.6 Å². The monoisotopic (exact) mass is 320 g/mol. The molecular weight excluding hydrogens is 312 g/mol. The first kappa shape index (κ1) is 11.5. The summed E-state index contributed by atoms with van der Waals surface area (Å²) in [5, 5.41) is 5.57. The molecule has 0 fully saturated rings. The number of carbonyl (C=O) groups excluding carboxylic acids is 1. The van der Waals surface area contributed by atoms with Crippen LogP contribution in [0.1, 0.15) is 0 Å². The average Bonchev–Trinajstić information content (AvgIpc) is 2.16. The number of hydrogen-bond acceptors (Lipinski definition) is 2. The minimum absolute atomic E-state index is 0.0485. The number of nitrogens with one attached hydrogen (secondary N) is 2. The second-order valence-corrected chi connectivity index (χ2v) is 4.33. The Morgan fingerprint density at radius 1 is 1.36 bits per heavy atom. The Kier molecular flexibility index (Phi) is 4.41. The van der Waals surface area contributed by atoms with Crippen molar-refractivity contribution in [3.63, 3.8) is 0 Å². The maximum atomic E-state index is 11.0. The quantitative estimate of drug-likeness (QED) is 0.897. The topological polar surface area (TPSA) is 41.1 Å². The zero-order valence-corrected chi connectivity index (χ0v) is 10.8. The molecule has 1 amide bonds. The maximum Gasteiger partial charge on any atom is 0.239 e. The Labute approximate surface area is 99.5 Å². The molecule has 1 aromatic carbocycles. The van der Waals surface area contributed by atoms with E-state index >= 15 is 0 Å². The Morgan fingerprint density at radius 3 is 2.43 bits per heavy atom. The van der Waals surface area contributed by atoms with Crippen molar-refractivity contribution in [3.8, 4) is 0 Å². The highest BCUT2D eigenvalue weighted by Gasteiger charge is 2.05. The molecule has 5 heteroatoms. The van der Waals surface area contributed by atoms with Gasteiger partial charge in [0.05, 0.1) is 12.2 Å². The first-order chi connectivity index (χ1) is 6.65. The summed E-state index contributed by atoms with van der Waals surface area (Å²) in [6, 6.07) is 5.74. The molecular formula is C9H10Br2N2O. The summed E-state index contributed by atoms with van der Waals surface area (Å²) in [5.41, 5.74) is 0.885. The van der Waals surface area contributed by atoms with Gasteiger partial charge in [-0.3, -0.25) is 4.79 Å². The SMILES string of the molecule is CNC(=O)CNc1c(Br)cccc1Br. The summed E-state index contributed by atoms with van der Waals surface area (Å²) in [6.45, 7) is 0.262. The molecule has 76 valence electrons. The van der Waals surface area contributed by atoms with Crippen LogP contribution in [0.2, 0.25) is 0 Å². The zero-order valence-electron chi connectivity index (χ0n) is 7.60. The molecule has 0 atom stereocenters. The van der Waals surface area contributed by atoms with Gasteiger partial charge in [-0.2, -0.15) is 0 Å². The van der Waals surface area contributed by atoms with Gasteiger partial charge >= 0.3 is 0 Å². The van der Waals surface area contributed by atoms with Gasteiger partial charge in [-0.25, -0.2) is 0 Å². The summed E-state index contributed by atoms with van der Waals surface area (Å²) < 4.78 is 1.85. The number of benzene rings is 1. The van der Waals surface area contributed by atoms with Crippen molar-refractivity contribution in [2.45, 2.75) is 0 Å². The molecule has 0 aliphatic carbocycles. The van der Waals surface area contributed by atoms with Gasteiger partial charge < -0.3 is 10.6 Å². The molecule has 0 aliphatic rings. The normalized spacial score (nSPS) is 9.64. The summed E-state index contributed by atoms with van der Waals surface area (Å²) in [4.78, 5) is 11.0. The van der Waals surface area contributed by atoms with E-state index in [4.69, 9.17) is 0 Å². The van der Waals surface area contributed by atoms with Gasteiger partial charge in [-0.15, -0.1) is 0 Å². The molecule has 0 aliphatic heterocycles. The van der Waals surface area contributed by atoms with E-state index in [9.17, 15) is 4.79 Å². The number of amides is 1. The van der Waals surface area contributed by atoms with Gasteiger partial charge in [-0.05, 0) is 44.0 Å². The second kappa shape index (κ2) is 5.36. The number of anilines is 1. The smallest absolute Gasteiger partial charge is 0.239 e. The Balaban J connectivity index is 2.71. The van der Waals surface area contributed by atoms with Gasteiger partial charge in [-0.1, -0.05) is 6.07 Å². The van der Waals surface area contributed by atoms with Crippen LogP contribution in [0.5, 0.6) is 0 Å². The number of para-hydroxylation sites is 1. The van der Waals surface area contributed by atoms with E-state index in [0.717, 1.165) is 14.6 Å². The Morgan fingerprint density at radius 2 is 1.93 bits per heavy atom. The second-order valence-electron chi connectivity index (χ2n) is 2.62. The highest BCUT2D eigenvalue weighted by atomic mass is 79.9. The minimum Gasteiger partial charge on any atom is -0.374 e. The highest BCUT2D eigenvalue weighted by molar-refractivity contribution is 9.11. The van der Waals surface area contributed by atoms with Gasteiger partial charge in [0.1, 0.15) is 0 Å². The molecule has 14 heavy (non-hydrogen) atoms. The molecule has 0 saturated heterocycles. The van der Waals surface area contributed by atoms with E-state index in [-0.39, 0.29) is 12.5 Å². The standard InChI is InChI=1S/C9H10Br2N2O/c1-12-8(14)5-13-9-6(10)3-2-4-7(9)11/h2-4,13H,5H2,1H3,(H,12,14). The number of rotatable bonds is 3. The lowest BCUT2D eigenvalue weighted by atomic mass is 10.3. The van der Waals surface area contributed by atoms with Gasteiger partial charge in [0.25, 0.3) is 0 Å². The van der Waals surface area contributed by atoms with Crippen molar-refractivity contribution in [2.24, 2.45) is 0 Å². The van der Waals surface area contributed by atoms with E-state index in [1.54, 1.807) is 7.05 Å². The van der Waals surface area contributed by atoms with Crippen molar-refractivity contribution in [2.75, 3.05) is 18.9 Å². The van der Waals surface area contributed by atoms with Crippen LogP contribution in [0.25, 0.3) is 0 Å². The zero-order chi connectivity index (χ0) is 10.6. The summed E-state index contributed by atoms with van der Waals surface area (Å²) in [7, 11) is 1.61. The summed E-state index contributed by atoms with van der Waals surface area (Å²) in [5.74, 6) is -0.0485. The molecule has 0 spiro atoms. The fraction of sp³-hybridized carbons (Fsp3) is 0.222. The van der Waals surface area contributed by atoms with E-state index < -0.39 is 0 Å². The lowest BCUT2D eigenvalue weighted by molar-refractivity contribution is -0.118. The molecule has 0 unspecified atom stereocenters. The van der Waals surface area contributed by atoms with Crippen LogP contribution in [-0.2, 0) is 4.79 Å². The van der Waals surface area contributed by atoms with Crippen molar-refractivity contribution in [1.82, 2.24) is 5.32 Å².